The molecule has 2 N–H and O–H groups in total. The van der Waals surface area contributed by atoms with Crippen LogP contribution in [0.2, 0.25) is 18.1 Å². The fourth-order valence-corrected chi connectivity index (χ4v) is 6.41. The number of H-pyrrole nitrogens is 1. The minimum Gasteiger partial charge on any atom is -0.544 e. The highest BCUT2D eigenvalue weighted by molar-refractivity contribution is 6.74. The van der Waals surface area contributed by atoms with E-state index in [-0.39, 0.29) is 16.8 Å². The number of carbonyl (C=O) groups excluding carboxylic acids is 2. The molecule has 1 aliphatic heterocycles. The van der Waals surface area contributed by atoms with Crippen LogP contribution in [-0.2, 0) is 9.53 Å². The molecule has 1 amide bonds. The topological polar surface area (TPSA) is 111 Å². The standard InChI is InChI=1S/C37H47N5O5Si/c1-37(2,3)48(7,8)47-29-16-9-25(10-17-29)34(33-30-23-26(36(45)46-6)11-18-31(30)39-35(33)44)38-27-12-14-28(15-13-27)41(5)32(43)24-42-21-19-40(4)20-22-42/h9-18,23,39,44H,19-22,24H2,1-8H3. The first-order valence-corrected chi connectivity index (χ1v) is 19.2. The van der Waals surface area contributed by atoms with Crippen molar-refractivity contribution in [1.82, 2.24) is 14.8 Å². The Balaban J connectivity index is 1.50. The predicted octanol–water partition coefficient (Wildman–Crippen LogP) is 6.42. The molecule has 48 heavy (non-hydrogen) atoms. The largest absolute Gasteiger partial charge is 0.544 e. The van der Waals surface area contributed by atoms with Crippen LogP contribution in [0.5, 0.6) is 11.6 Å². The number of hydrogen-bond donors (Lipinski definition) is 2. The molecular weight excluding hydrogens is 623 g/mol. The SMILES string of the molecule is COC(=O)c1ccc2[nH]c(O)c(C(=Nc3ccc(N(C)C(=O)CN4CCN(C)CC4)cc3)c3ccc(O[Si](C)(C)C(C)(C)C)cc3)c2c1. The number of hydrogen-bond acceptors (Lipinski definition) is 8. The minimum atomic E-state index is -2.06. The van der Waals surface area contributed by atoms with E-state index in [0.29, 0.717) is 40.0 Å². The molecule has 3 aromatic carbocycles. The monoisotopic (exact) mass is 669 g/mol. The van der Waals surface area contributed by atoms with Gasteiger partial charge in [-0.3, -0.25) is 9.69 Å². The van der Waals surface area contributed by atoms with Crippen LogP contribution >= 0.6 is 0 Å². The highest BCUT2D eigenvalue weighted by atomic mass is 28.4. The summed E-state index contributed by atoms with van der Waals surface area (Å²) in [5.74, 6) is 0.255. The number of carbonyl (C=O) groups is 2. The molecule has 1 aromatic heterocycles. The molecule has 11 heteroatoms. The van der Waals surface area contributed by atoms with Gasteiger partial charge in [0.1, 0.15) is 5.75 Å². The molecule has 0 aliphatic carbocycles. The fraction of sp³-hybridized carbons (Fsp3) is 0.378. The molecule has 0 unspecified atom stereocenters. The van der Waals surface area contributed by atoms with E-state index in [9.17, 15) is 14.7 Å². The summed E-state index contributed by atoms with van der Waals surface area (Å²) in [6.07, 6.45) is 0. The van der Waals surface area contributed by atoms with Gasteiger partial charge >= 0.3 is 5.97 Å². The van der Waals surface area contributed by atoms with Gasteiger partial charge in [0.25, 0.3) is 0 Å². The number of ether oxygens (including phenoxy) is 1. The number of aromatic nitrogens is 1. The van der Waals surface area contributed by atoms with E-state index in [1.165, 1.54) is 7.11 Å². The lowest BCUT2D eigenvalue weighted by molar-refractivity contribution is -0.119. The first-order chi connectivity index (χ1) is 22.7. The van der Waals surface area contributed by atoms with E-state index in [0.717, 1.165) is 43.2 Å². The van der Waals surface area contributed by atoms with Crippen LogP contribution in [0.15, 0.2) is 71.7 Å². The van der Waals surface area contributed by atoms with Crippen molar-refractivity contribution in [2.75, 3.05) is 58.8 Å². The maximum Gasteiger partial charge on any atom is 0.337 e. The lowest BCUT2D eigenvalue weighted by atomic mass is 9.99. The summed E-state index contributed by atoms with van der Waals surface area (Å²) in [6.45, 7) is 15.0. The average molecular weight is 670 g/mol. The Kier molecular flexibility index (Phi) is 10.1. The summed E-state index contributed by atoms with van der Waals surface area (Å²) in [6, 6.07) is 20.3. The summed E-state index contributed by atoms with van der Waals surface area (Å²) in [7, 11) is 3.16. The predicted molar refractivity (Wildman–Crippen MR) is 195 cm³/mol. The molecule has 0 radical (unpaired) electrons. The summed E-state index contributed by atoms with van der Waals surface area (Å²) >= 11 is 0. The van der Waals surface area contributed by atoms with Gasteiger partial charge in [-0.2, -0.15) is 0 Å². The van der Waals surface area contributed by atoms with Crippen molar-refractivity contribution >= 4 is 48.2 Å². The molecular formula is C37H47N5O5Si. The Morgan fingerprint density at radius 2 is 1.58 bits per heavy atom. The number of anilines is 1. The molecule has 1 saturated heterocycles. The van der Waals surface area contributed by atoms with Crippen LogP contribution < -0.4 is 9.33 Å². The van der Waals surface area contributed by atoms with Gasteiger partial charge in [-0.1, -0.05) is 20.8 Å². The number of benzene rings is 3. The van der Waals surface area contributed by atoms with E-state index >= 15 is 0 Å². The Hall–Kier alpha value is -4.45. The highest BCUT2D eigenvalue weighted by Gasteiger charge is 2.39. The Morgan fingerprint density at radius 1 is 0.958 bits per heavy atom. The van der Waals surface area contributed by atoms with Gasteiger partial charge in [-0.15, -0.1) is 0 Å². The number of esters is 1. The number of rotatable bonds is 9. The van der Waals surface area contributed by atoms with E-state index in [4.69, 9.17) is 14.2 Å². The number of aromatic hydroxyl groups is 1. The van der Waals surface area contributed by atoms with Crippen molar-refractivity contribution < 1.29 is 23.9 Å². The molecule has 0 bridgehead atoms. The van der Waals surface area contributed by atoms with Gasteiger partial charge in [0.15, 0.2) is 5.88 Å². The Labute approximate surface area is 284 Å². The van der Waals surface area contributed by atoms with Crippen LogP contribution in [0.1, 0.15) is 42.3 Å². The van der Waals surface area contributed by atoms with Crippen LogP contribution in [0.3, 0.4) is 0 Å². The quantitative estimate of drug-likeness (QED) is 0.120. The number of amides is 1. The van der Waals surface area contributed by atoms with Crippen LogP contribution in [0.25, 0.3) is 10.9 Å². The maximum absolute atomic E-state index is 13.1. The van der Waals surface area contributed by atoms with Crippen molar-refractivity contribution in [1.29, 1.82) is 0 Å². The number of methoxy groups -OCH3 is 1. The van der Waals surface area contributed by atoms with Gasteiger partial charge in [0.2, 0.25) is 14.2 Å². The van der Waals surface area contributed by atoms with E-state index < -0.39 is 14.3 Å². The molecule has 10 nitrogen and oxygen atoms in total. The Morgan fingerprint density at radius 3 is 2.19 bits per heavy atom. The zero-order chi connectivity index (χ0) is 34.8. The molecule has 0 atom stereocenters. The van der Waals surface area contributed by atoms with Gasteiger partial charge in [0.05, 0.1) is 36.2 Å². The third-order valence-electron chi connectivity index (χ3n) is 9.55. The number of nitrogens with zero attached hydrogens (tertiary/aromatic N) is 4. The van der Waals surface area contributed by atoms with E-state index in [1.807, 2.05) is 48.5 Å². The first-order valence-electron chi connectivity index (χ1n) is 16.3. The lowest BCUT2D eigenvalue weighted by Crippen LogP contribution is -2.48. The molecule has 5 rings (SSSR count). The molecule has 1 fully saturated rings. The summed E-state index contributed by atoms with van der Waals surface area (Å²) in [4.78, 5) is 39.7. The van der Waals surface area contributed by atoms with Crippen LogP contribution in [0, 0.1) is 0 Å². The van der Waals surface area contributed by atoms with Gasteiger partial charge in [-0.05, 0) is 91.9 Å². The molecule has 0 saturated carbocycles. The van der Waals surface area contributed by atoms with E-state index in [2.05, 4.69) is 55.7 Å². The van der Waals surface area contributed by atoms with Crippen molar-refractivity contribution in [3.05, 3.63) is 83.4 Å². The third-order valence-corrected chi connectivity index (χ3v) is 13.9. The number of aromatic amines is 1. The first kappa shape index (κ1) is 34.9. The maximum atomic E-state index is 13.1. The van der Waals surface area contributed by atoms with Gasteiger partial charge in [-0.25, -0.2) is 9.79 Å². The van der Waals surface area contributed by atoms with Gasteiger partial charge in [0, 0.05) is 55.4 Å². The lowest BCUT2D eigenvalue weighted by Gasteiger charge is -2.36. The smallest absolute Gasteiger partial charge is 0.337 e. The highest BCUT2D eigenvalue weighted by Crippen LogP contribution is 2.38. The second kappa shape index (κ2) is 14.0. The average Bonchev–Trinajstić information content (AvgIpc) is 3.38. The van der Waals surface area contributed by atoms with Crippen molar-refractivity contribution in [3.63, 3.8) is 0 Å². The van der Waals surface area contributed by atoms with Crippen LogP contribution in [-0.4, -0.2) is 99.7 Å². The molecule has 1 aliphatic rings. The van der Waals surface area contributed by atoms with Crippen molar-refractivity contribution in [3.8, 4) is 11.6 Å². The van der Waals surface area contributed by atoms with Gasteiger partial charge < -0.3 is 29.1 Å². The zero-order valence-corrected chi connectivity index (χ0v) is 30.3. The fourth-order valence-electron chi connectivity index (χ4n) is 5.38. The van der Waals surface area contributed by atoms with Crippen LogP contribution in [0.4, 0.5) is 11.4 Å². The molecule has 254 valence electrons. The molecule has 0 spiro atoms. The minimum absolute atomic E-state index is 0.0293. The van der Waals surface area contributed by atoms with Crippen molar-refractivity contribution in [2.24, 2.45) is 4.99 Å². The molecule has 2 heterocycles. The summed E-state index contributed by atoms with van der Waals surface area (Å²) in [5.41, 5.74) is 4.12. The number of piperazine rings is 1. The Bertz CT molecular complexity index is 1800. The summed E-state index contributed by atoms with van der Waals surface area (Å²) < 4.78 is 11.5. The second-order valence-corrected chi connectivity index (χ2v) is 18.7. The number of aliphatic imine (C=N–C) groups is 1. The number of fused-ring (bicyclic) bond motifs is 1. The zero-order valence-electron chi connectivity index (χ0n) is 29.3. The van der Waals surface area contributed by atoms with E-state index in [1.54, 1.807) is 30.1 Å². The second-order valence-electron chi connectivity index (χ2n) is 14.0. The van der Waals surface area contributed by atoms with Crippen molar-refractivity contribution in [2.45, 2.75) is 38.9 Å². The third kappa shape index (κ3) is 7.64. The normalized spacial score (nSPS) is 15.0. The summed E-state index contributed by atoms with van der Waals surface area (Å²) in [5, 5.41) is 11.9. The number of nitrogens with one attached hydrogen (secondary N) is 1. The molecule has 4 aromatic rings. The number of likely N-dealkylation sites (N-methyl/N-ethyl adjacent to an activating group) is 2.